The molecule has 3 N–H and O–H groups in total. The van der Waals surface area contributed by atoms with Gasteiger partial charge in [0.15, 0.2) is 0 Å². The molecule has 204 valence electrons. The number of rotatable bonds is 12. The summed E-state index contributed by atoms with van der Waals surface area (Å²) in [4.78, 5) is 44.2. The van der Waals surface area contributed by atoms with Gasteiger partial charge in [0.1, 0.15) is 0 Å². The van der Waals surface area contributed by atoms with E-state index in [-0.39, 0.29) is 31.4 Å². The van der Waals surface area contributed by atoms with Crippen LogP contribution in [0.3, 0.4) is 0 Å². The molecule has 1 aromatic heterocycles. The number of aliphatic hydroxyl groups excluding tert-OH is 1. The highest BCUT2D eigenvalue weighted by Gasteiger charge is 2.23. The molecule has 0 aliphatic carbocycles. The highest BCUT2D eigenvalue weighted by atomic mass is 16.4. The van der Waals surface area contributed by atoms with Gasteiger partial charge in [-0.05, 0) is 52.9 Å². The molecular weight excluding hydrogens is 506 g/mol. The molecule has 40 heavy (non-hydrogen) atoms. The van der Waals surface area contributed by atoms with Crippen molar-refractivity contribution in [2.75, 3.05) is 19.7 Å². The van der Waals surface area contributed by atoms with Crippen molar-refractivity contribution in [1.82, 2.24) is 15.2 Å². The first-order valence-electron chi connectivity index (χ1n) is 13.0. The van der Waals surface area contributed by atoms with E-state index in [4.69, 9.17) is 0 Å². The zero-order valence-corrected chi connectivity index (χ0v) is 21.9. The minimum absolute atomic E-state index is 0.0466. The lowest BCUT2D eigenvalue weighted by molar-refractivity contribution is -0.137. The summed E-state index contributed by atoms with van der Waals surface area (Å²) in [6.45, 7) is 0.0931. The number of nitrogens with zero attached hydrogens (tertiary/aromatic N) is 2. The molecule has 0 aliphatic rings. The number of hydrogen-bond donors (Lipinski definition) is 3. The lowest BCUT2D eigenvalue weighted by atomic mass is 9.94. The van der Waals surface area contributed by atoms with Crippen LogP contribution in [0.5, 0.6) is 0 Å². The highest BCUT2D eigenvalue weighted by Crippen LogP contribution is 2.29. The van der Waals surface area contributed by atoms with Gasteiger partial charge in [0.05, 0.1) is 19.1 Å². The molecule has 0 saturated carbocycles. The van der Waals surface area contributed by atoms with E-state index < -0.39 is 12.0 Å². The number of aliphatic hydroxyl groups is 1. The fourth-order valence-electron chi connectivity index (χ4n) is 4.51. The van der Waals surface area contributed by atoms with Crippen LogP contribution < -0.4 is 5.32 Å². The van der Waals surface area contributed by atoms with Gasteiger partial charge in [-0.25, -0.2) is 0 Å². The number of benzene rings is 3. The molecule has 1 atom stereocenters. The summed E-state index contributed by atoms with van der Waals surface area (Å²) < 4.78 is 0. The van der Waals surface area contributed by atoms with Crippen molar-refractivity contribution in [1.29, 1.82) is 0 Å². The van der Waals surface area contributed by atoms with Crippen LogP contribution in [-0.4, -0.2) is 57.6 Å². The van der Waals surface area contributed by atoms with E-state index in [2.05, 4.69) is 10.3 Å². The molecule has 1 heterocycles. The van der Waals surface area contributed by atoms with Gasteiger partial charge in [0.25, 0.3) is 11.8 Å². The lowest BCUT2D eigenvalue weighted by Crippen LogP contribution is -2.35. The molecule has 3 aromatic carbocycles. The van der Waals surface area contributed by atoms with Gasteiger partial charge < -0.3 is 20.4 Å². The van der Waals surface area contributed by atoms with E-state index in [1.54, 1.807) is 60.9 Å². The van der Waals surface area contributed by atoms with E-state index in [0.29, 0.717) is 35.2 Å². The zero-order valence-electron chi connectivity index (χ0n) is 21.9. The van der Waals surface area contributed by atoms with Gasteiger partial charge in [0, 0.05) is 36.6 Å². The quantitative estimate of drug-likeness (QED) is 0.247. The fraction of sp³-hybridized carbons (Fsp3) is 0.188. The van der Waals surface area contributed by atoms with E-state index >= 15 is 0 Å². The Morgan fingerprint density at radius 1 is 0.775 bits per heavy atom. The zero-order chi connectivity index (χ0) is 28.3. The van der Waals surface area contributed by atoms with Crippen molar-refractivity contribution < 1.29 is 24.6 Å². The Kier molecular flexibility index (Phi) is 9.74. The van der Waals surface area contributed by atoms with Crippen LogP contribution in [0.2, 0.25) is 0 Å². The SMILES string of the molecule is O=C(O)CCN(CCc1ccncc1)C(=O)c1ccccc1-c1ccccc1C(=O)N[C@@H](CO)c1ccccc1. The van der Waals surface area contributed by atoms with Crippen molar-refractivity contribution >= 4 is 17.8 Å². The average molecular weight is 538 g/mol. The van der Waals surface area contributed by atoms with E-state index in [0.717, 1.165) is 11.1 Å². The van der Waals surface area contributed by atoms with E-state index in [9.17, 15) is 24.6 Å². The van der Waals surface area contributed by atoms with Crippen LogP contribution in [0.1, 0.15) is 44.3 Å². The Balaban J connectivity index is 1.64. The minimum atomic E-state index is -0.992. The second kappa shape index (κ2) is 13.8. The molecule has 0 radical (unpaired) electrons. The smallest absolute Gasteiger partial charge is 0.305 e. The molecule has 0 unspecified atom stereocenters. The number of pyridine rings is 1. The maximum atomic E-state index is 13.9. The van der Waals surface area contributed by atoms with Gasteiger partial charge in [-0.3, -0.25) is 19.4 Å². The molecule has 0 saturated heterocycles. The number of carbonyl (C=O) groups excluding carboxylic acids is 2. The monoisotopic (exact) mass is 537 g/mol. The summed E-state index contributed by atoms with van der Waals surface area (Å²) >= 11 is 0. The first kappa shape index (κ1) is 28.2. The third kappa shape index (κ3) is 7.18. The lowest BCUT2D eigenvalue weighted by Gasteiger charge is -2.24. The number of nitrogens with one attached hydrogen (secondary N) is 1. The molecule has 8 heteroatoms. The topological polar surface area (TPSA) is 120 Å². The molecule has 0 fully saturated rings. The van der Waals surface area contributed by atoms with Gasteiger partial charge in [-0.1, -0.05) is 66.7 Å². The van der Waals surface area contributed by atoms with Crippen LogP contribution in [-0.2, 0) is 11.2 Å². The molecular formula is C32H31N3O5. The molecule has 0 spiro atoms. The summed E-state index contributed by atoms with van der Waals surface area (Å²) in [5.41, 5.74) is 3.59. The Labute approximate surface area is 232 Å². The third-order valence-corrected chi connectivity index (χ3v) is 6.61. The maximum Gasteiger partial charge on any atom is 0.305 e. The molecule has 0 bridgehead atoms. The summed E-state index contributed by atoms with van der Waals surface area (Å²) in [5.74, 6) is -1.70. The van der Waals surface area contributed by atoms with Gasteiger partial charge in [-0.15, -0.1) is 0 Å². The Bertz CT molecular complexity index is 1440. The number of carbonyl (C=O) groups is 3. The largest absolute Gasteiger partial charge is 0.481 e. The number of hydrogen-bond acceptors (Lipinski definition) is 5. The summed E-state index contributed by atoms with van der Waals surface area (Å²) in [5, 5.41) is 22.1. The Morgan fingerprint density at radius 3 is 2.02 bits per heavy atom. The molecule has 0 aliphatic heterocycles. The van der Waals surface area contributed by atoms with Crippen molar-refractivity contribution in [3.05, 3.63) is 126 Å². The van der Waals surface area contributed by atoms with Crippen LogP contribution in [0.25, 0.3) is 11.1 Å². The summed E-state index contributed by atoms with van der Waals surface area (Å²) in [6.07, 6.45) is 3.70. The van der Waals surface area contributed by atoms with Crippen molar-refractivity contribution in [2.24, 2.45) is 0 Å². The Hall–Kier alpha value is -4.82. The number of aromatic nitrogens is 1. The number of carboxylic acid groups (broad SMARTS) is 1. The van der Waals surface area contributed by atoms with Gasteiger partial charge in [0.2, 0.25) is 0 Å². The molecule has 4 aromatic rings. The van der Waals surface area contributed by atoms with Crippen LogP contribution in [0.15, 0.2) is 103 Å². The maximum absolute atomic E-state index is 13.9. The first-order valence-corrected chi connectivity index (χ1v) is 13.0. The van der Waals surface area contributed by atoms with E-state index in [1.807, 2.05) is 42.5 Å². The van der Waals surface area contributed by atoms with Gasteiger partial charge >= 0.3 is 5.97 Å². The fourth-order valence-corrected chi connectivity index (χ4v) is 4.51. The predicted molar refractivity (Wildman–Crippen MR) is 152 cm³/mol. The Morgan fingerprint density at radius 2 is 1.38 bits per heavy atom. The summed E-state index contributed by atoms with van der Waals surface area (Å²) in [7, 11) is 0. The molecule has 8 nitrogen and oxygen atoms in total. The van der Waals surface area contributed by atoms with Crippen molar-refractivity contribution in [2.45, 2.75) is 18.9 Å². The number of amides is 2. The van der Waals surface area contributed by atoms with Crippen LogP contribution >= 0.6 is 0 Å². The highest BCUT2D eigenvalue weighted by molar-refractivity contribution is 6.06. The second-order valence-corrected chi connectivity index (χ2v) is 9.25. The predicted octanol–water partition coefficient (Wildman–Crippen LogP) is 4.37. The van der Waals surface area contributed by atoms with Crippen molar-refractivity contribution in [3.8, 4) is 11.1 Å². The third-order valence-electron chi connectivity index (χ3n) is 6.61. The second-order valence-electron chi connectivity index (χ2n) is 9.25. The van der Waals surface area contributed by atoms with Gasteiger partial charge in [-0.2, -0.15) is 0 Å². The first-order chi connectivity index (χ1) is 19.5. The van der Waals surface area contributed by atoms with E-state index in [1.165, 1.54) is 4.90 Å². The minimum Gasteiger partial charge on any atom is -0.481 e. The van der Waals surface area contributed by atoms with Crippen LogP contribution in [0.4, 0.5) is 0 Å². The van der Waals surface area contributed by atoms with Crippen LogP contribution in [0, 0.1) is 0 Å². The normalized spacial score (nSPS) is 11.4. The number of carboxylic acids is 1. The number of aliphatic carboxylic acids is 1. The average Bonchev–Trinajstić information content (AvgIpc) is 3.00. The molecule has 2 amide bonds. The standard InChI is InChI=1S/C32H31N3O5/c36-22-29(24-8-2-1-3-9-24)34-31(39)27-12-6-4-10-25(27)26-11-5-7-13-28(26)32(40)35(21-17-30(37)38)20-16-23-14-18-33-19-15-23/h1-15,18-19,29,36H,16-17,20-22H2,(H,34,39)(H,37,38)/t29-/m0/s1. The molecule has 4 rings (SSSR count). The van der Waals surface area contributed by atoms with Crippen molar-refractivity contribution in [3.63, 3.8) is 0 Å². The summed E-state index contributed by atoms with van der Waals surface area (Å²) in [6, 6.07) is 26.3.